The summed E-state index contributed by atoms with van der Waals surface area (Å²) >= 11 is 1.96. The lowest BCUT2D eigenvalue weighted by Gasteiger charge is -2.09. The highest BCUT2D eigenvalue weighted by Crippen LogP contribution is 2.16. The molecule has 0 aliphatic rings. The number of primary amides is 1. The third-order valence-electron chi connectivity index (χ3n) is 1.74. The van der Waals surface area contributed by atoms with E-state index in [0.717, 1.165) is 3.57 Å². The SMILES string of the molecule is NC(=O)C(N)S(=O)(=O)c1cccc(I)c1. The number of rotatable bonds is 3. The van der Waals surface area contributed by atoms with Crippen molar-refractivity contribution >= 4 is 38.3 Å². The molecule has 0 heterocycles. The van der Waals surface area contributed by atoms with Crippen LogP contribution in [-0.2, 0) is 14.6 Å². The van der Waals surface area contributed by atoms with Crippen molar-refractivity contribution in [1.29, 1.82) is 0 Å². The number of amides is 1. The molecule has 1 unspecified atom stereocenters. The Labute approximate surface area is 101 Å². The summed E-state index contributed by atoms with van der Waals surface area (Å²) in [6, 6.07) is 6.11. The minimum absolute atomic E-state index is 0.000648. The zero-order valence-electron chi connectivity index (χ0n) is 7.55. The van der Waals surface area contributed by atoms with Gasteiger partial charge in [0, 0.05) is 3.57 Å². The van der Waals surface area contributed by atoms with E-state index < -0.39 is 21.1 Å². The molecular weight excluding hydrogens is 331 g/mol. The molecule has 15 heavy (non-hydrogen) atoms. The van der Waals surface area contributed by atoms with Gasteiger partial charge in [-0.05, 0) is 40.8 Å². The Bertz CT molecular complexity index is 486. The van der Waals surface area contributed by atoms with Crippen LogP contribution >= 0.6 is 22.6 Å². The summed E-state index contributed by atoms with van der Waals surface area (Å²) in [7, 11) is -3.86. The summed E-state index contributed by atoms with van der Waals surface area (Å²) in [6.07, 6.45) is 0. The topological polar surface area (TPSA) is 103 Å². The van der Waals surface area contributed by atoms with Crippen molar-refractivity contribution in [2.75, 3.05) is 0 Å². The lowest BCUT2D eigenvalue weighted by Crippen LogP contribution is -2.43. The predicted octanol–water partition coefficient (Wildman–Crippen LogP) is -0.165. The number of hydrogen-bond donors (Lipinski definition) is 2. The molecule has 1 rings (SSSR count). The maximum atomic E-state index is 11.7. The van der Waals surface area contributed by atoms with Crippen LogP contribution in [0.3, 0.4) is 0 Å². The zero-order valence-corrected chi connectivity index (χ0v) is 10.5. The van der Waals surface area contributed by atoms with E-state index in [2.05, 4.69) is 0 Å². The molecule has 0 saturated carbocycles. The van der Waals surface area contributed by atoms with Gasteiger partial charge in [-0.15, -0.1) is 0 Å². The summed E-state index contributed by atoms with van der Waals surface area (Å²) in [5.74, 6) is -1.06. The van der Waals surface area contributed by atoms with Crippen molar-refractivity contribution in [3.63, 3.8) is 0 Å². The number of nitrogens with two attached hydrogens (primary N) is 2. The van der Waals surface area contributed by atoms with Crippen molar-refractivity contribution in [2.24, 2.45) is 11.5 Å². The first-order chi connectivity index (χ1) is 6.85. The molecule has 1 atom stereocenters. The maximum absolute atomic E-state index is 11.7. The first-order valence-electron chi connectivity index (χ1n) is 3.90. The monoisotopic (exact) mass is 340 g/mol. The molecule has 0 radical (unpaired) electrons. The molecule has 0 fully saturated rings. The van der Waals surface area contributed by atoms with Gasteiger partial charge in [0.25, 0.3) is 0 Å². The van der Waals surface area contributed by atoms with Gasteiger partial charge >= 0.3 is 0 Å². The van der Waals surface area contributed by atoms with Crippen LogP contribution in [0.4, 0.5) is 0 Å². The summed E-state index contributed by atoms with van der Waals surface area (Å²) < 4.78 is 24.1. The first-order valence-corrected chi connectivity index (χ1v) is 6.52. The minimum atomic E-state index is -3.86. The molecular formula is C8H9IN2O3S. The van der Waals surface area contributed by atoms with Crippen LogP contribution in [0, 0.1) is 3.57 Å². The summed E-state index contributed by atoms with van der Waals surface area (Å²) in [5, 5.41) is -1.70. The van der Waals surface area contributed by atoms with Crippen LogP contribution < -0.4 is 11.5 Å². The lowest BCUT2D eigenvalue weighted by molar-refractivity contribution is -0.117. The van der Waals surface area contributed by atoms with Gasteiger partial charge < -0.3 is 11.5 Å². The van der Waals surface area contributed by atoms with Gasteiger partial charge in [-0.1, -0.05) is 6.07 Å². The second-order valence-corrected chi connectivity index (χ2v) is 6.14. The van der Waals surface area contributed by atoms with Gasteiger partial charge in [-0.25, -0.2) is 8.42 Å². The normalized spacial score (nSPS) is 13.5. The average molecular weight is 340 g/mol. The molecule has 0 aliphatic heterocycles. The van der Waals surface area contributed by atoms with Gasteiger partial charge in [0.2, 0.25) is 15.7 Å². The molecule has 4 N–H and O–H groups in total. The predicted molar refractivity (Wildman–Crippen MR) is 63.5 cm³/mol. The van der Waals surface area contributed by atoms with E-state index in [4.69, 9.17) is 11.5 Å². The molecule has 1 aromatic rings. The lowest BCUT2D eigenvalue weighted by atomic mass is 10.4. The third-order valence-corrected chi connectivity index (χ3v) is 4.22. The standard InChI is InChI=1S/C8H9IN2O3S/c9-5-2-1-3-6(4-5)15(13,14)8(11)7(10)12/h1-4,8H,11H2,(H2,10,12). The van der Waals surface area contributed by atoms with E-state index in [1.54, 1.807) is 12.1 Å². The molecule has 0 spiro atoms. The van der Waals surface area contributed by atoms with E-state index in [1.807, 2.05) is 22.6 Å². The Morgan fingerprint density at radius 3 is 2.47 bits per heavy atom. The Kier molecular flexibility index (Phi) is 3.68. The zero-order chi connectivity index (χ0) is 11.6. The van der Waals surface area contributed by atoms with Crippen molar-refractivity contribution < 1.29 is 13.2 Å². The number of halogens is 1. The van der Waals surface area contributed by atoms with Gasteiger partial charge in [0.1, 0.15) is 0 Å². The molecule has 0 saturated heterocycles. The number of carbonyl (C=O) groups excluding carboxylic acids is 1. The third kappa shape index (κ3) is 2.67. The molecule has 7 heteroatoms. The molecule has 0 aliphatic carbocycles. The Hall–Kier alpha value is -0.670. The van der Waals surface area contributed by atoms with Gasteiger partial charge in [0.15, 0.2) is 5.37 Å². The molecule has 1 amide bonds. The van der Waals surface area contributed by atoms with Gasteiger partial charge in [-0.2, -0.15) is 0 Å². The molecule has 1 aromatic carbocycles. The quantitative estimate of drug-likeness (QED) is 0.746. The Morgan fingerprint density at radius 1 is 1.40 bits per heavy atom. The van der Waals surface area contributed by atoms with Crippen LogP contribution in [0.1, 0.15) is 0 Å². The second-order valence-electron chi connectivity index (χ2n) is 2.83. The van der Waals surface area contributed by atoms with Crippen molar-refractivity contribution in [3.8, 4) is 0 Å². The number of hydrogen-bond acceptors (Lipinski definition) is 4. The smallest absolute Gasteiger partial charge is 0.250 e. The number of benzene rings is 1. The number of carbonyl (C=O) groups is 1. The van der Waals surface area contributed by atoms with E-state index in [0.29, 0.717) is 0 Å². The Morgan fingerprint density at radius 2 is 2.00 bits per heavy atom. The van der Waals surface area contributed by atoms with Crippen LogP contribution in [0.25, 0.3) is 0 Å². The second kappa shape index (κ2) is 4.45. The summed E-state index contributed by atoms with van der Waals surface area (Å²) in [5.41, 5.74) is 10.1. The average Bonchev–Trinajstić information content (AvgIpc) is 2.16. The minimum Gasteiger partial charge on any atom is -0.367 e. The van der Waals surface area contributed by atoms with Gasteiger partial charge in [0.05, 0.1) is 4.90 Å². The Balaban J connectivity index is 3.23. The van der Waals surface area contributed by atoms with E-state index in [9.17, 15) is 13.2 Å². The summed E-state index contributed by atoms with van der Waals surface area (Å²) in [4.78, 5) is 10.7. The largest absolute Gasteiger partial charge is 0.367 e. The van der Waals surface area contributed by atoms with Crippen molar-refractivity contribution in [3.05, 3.63) is 27.8 Å². The van der Waals surface area contributed by atoms with Gasteiger partial charge in [-0.3, -0.25) is 4.79 Å². The molecule has 0 bridgehead atoms. The molecule has 82 valence electrons. The fourth-order valence-electron chi connectivity index (χ4n) is 0.944. The van der Waals surface area contributed by atoms with E-state index in [-0.39, 0.29) is 4.90 Å². The van der Waals surface area contributed by atoms with Crippen molar-refractivity contribution in [1.82, 2.24) is 0 Å². The molecule has 5 nitrogen and oxygen atoms in total. The first kappa shape index (κ1) is 12.4. The highest BCUT2D eigenvalue weighted by molar-refractivity contribution is 14.1. The molecule has 0 aromatic heterocycles. The fourth-order valence-corrected chi connectivity index (χ4v) is 2.86. The fraction of sp³-hybridized carbons (Fsp3) is 0.125. The summed E-state index contributed by atoms with van der Waals surface area (Å²) in [6.45, 7) is 0. The van der Waals surface area contributed by atoms with Crippen molar-refractivity contribution in [2.45, 2.75) is 10.3 Å². The van der Waals surface area contributed by atoms with E-state index >= 15 is 0 Å². The maximum Gasteiger partial charge on any atom is 0.250 e. The highest BCUT2D eigenvalue weighted by Gasteiger charge is 2.28. The van der Waals surface area contributed by atoms with Crippen LogP contribution in [0.5, 0.6) is 0 Å². The number of sulfone groups is 1. The highest BCUT2D eigenvalue weighted by atomic mass is 127. The van der Waals surface area contributed by atoms with E-state index in [1.165, 1.54) is 12.1 Å². The van der Waals surface area contributed by atoms with Crippen LogP contribution in [-0.4, -0.2) is 19.7 Å². The van der Waals surface area contributed by atoms with Crippen LogP contribution in [0.2, 0.25) is 0 Å². The van der Waals surface area contributed by atoms with Crippen LogP contribution in [0.15, 0.2) is 29.2 Å².